The van der Waals surface area contributed by atoms with Crippen molar-refractivity contribution in [2.24, 2.45) is 35.5 Å². The molecule has 0 saturated heterocycles. The van der Waals surface area contributed by atoms with Gasteiger partial charge in [-0.25, -0.2) is 4.79 Å². The van der Waals surface area contributed by atoms with E-state index < -0.39 is 8.32 Å². The van der Waals surface area contributed by atoms with Gasteiger partial charge in [-0.3, -0.25) is 0 Å². The molecule has 2 aliphatic carbocycles. The Morgan fingerprint density at radius 2 is 1.74 bits per heavy atom. The van der Waals surface area contributed by atoms with Crippen LogP contribution in [0.5, 0.6) is 0 Å². The second-order valence-electron chi connectivity index (χ2n) is 12.6. The Morgan fingerprint density at radius 1 is 1.09 bits per heavy atom. The maximum atomic E-state index is 13.0. The van der Waals surface area contributed by atoms with Crippen molar-refractivity contribution in [1.29, 1.82) is 0 Å². The lowest BCUT2D eigenvalue weighted by Gasteiger charge is -2.54. The van der Waals surface area contributed by atoms with Crippen molar-refractivity contribution < 1.29 is 14.0 Å². The van der Waals surface area contributed by atoms with Crippen LogP contribution in [0.4, 0.5) is 0 Å². The van der Waals surface area contributed by atoms with Crippen LogP contribution in [0.15, 0.2) is 42.0 Å². The number of rotatable bonds is 6. The number of benzene rings is 1. The average molecular weight is 485 g/mol. The number of carbonyl (C=O) groups is 1. The summed E-state index contributed by atoms with van der Waals surface area (Å²) in [5.41, 5.74) is 2.15. The smallest absolute Gasteiger partial charge is 0.338 e. The van der Waals surface area contributed by atoms with Gasteiger partial charge in [0, 0.05) is 6.61 Å². The minimum absolute atomic E-state index is 0.00131. The Morgan fingerprint density at radius 3 is 2.32 bits per heavy atom. The third-order valence-corrected chi connectivity index (χ3v) is 13.9. The number of esters is 1. The zero-order valence-corrected chi connectivity index (χ0v) is 24.1. The second-order valence-corrected chi connectivity index (χ2v) is 17.4. The van der Waals surface area contributed by atoms with E-state index in [1.807, 2.05) is 30.3 Å². The quantitative estimate of drug-likeness (QED) is 0.232. The third kappa shape index (κ3) is 5.70. The van der Waals surface area contributed by atoms with E-state index in [2.05, 4.69) is 67.6 Å². The molecule has 7 atom stereocenters. The van der Waals surface area contributed by atoms with Crippen LogP contribution < -0.4 is 0 Å². The fourth-order valence-electron chi connectivity index (χ4n) is 6.43. The topological polar surface area (TPSA) is 35.5 Å². The van der Waals surface area contributed by atoms with Crippen LogP contribution in [-0.2, 0) is 9.16 Å². The van der Waals surface area contributed by atoms with Crippen molar-refractivity contribution in [1.82, 2.24) is 0 Å². The van der Waals surface area contributed by atoms with Gasteiger partial charge in [-0.2, -0.15) is 0 Å². The number of fused-ring (bicyclic) bond motifs is 1. The molecule has 0 heterocycles. The van der Waals surface area contributed by atoms with E-state index in [-0.39, 0.29) is 17.1 Å². The predicted octanol–water partition coefficient (Wildman–Crippen LogP) is 8.13. The third-order valence-electron chi connectivity index (χ3n) is 9.44. The monoisotopic (exact) mass is 484 g/mol. The van der Waals surface area contributed by atoms with Crippen LogP contribution in [-0.4, -0.2) is 27.0 Å². The Kier molecular flexibility index (Phi) is 8.56. The molecule has 190 valence electrons. The average Bonchev–Trinajstić information content (AvgIpc) is 2.78. The molecule has 2 aliphatic rings. The zero-order valence-electron chi connectivity index (χ0n) is 23.1. The summed E-state index contributed by atoms with van der Waals surface area (Å²) < 4.78 is 13.1. The molecule has 0 aliphatic heterocycles. The summed E-state index contributed by atoms with van der Waals surface area (Å²) >= 11 is 0. The molecule has 4 heteroatoms. The highest BCUT2D eigenvalue weighted by molar-refractivity contribution is 6.74. The first-order valence-electron chi connectivity index (χ1n) is 13.4. The van der Waals surface area contributed by atoms with Crippen molar-refractivity contribution in [2.45, 2.75) is 92.0 Å². The molecule has 0 spiro atoms. The first kappa shape index (κ1) is 27.2. The molecule has 3 rings (SSSR count). The van der Waals surface area contributed by atoms with E-state index in [0.717, 1.165) is 25.9 Å². The summed E-state index contributed by atoms with van der Waals surface area (Å²) in [6.45, 7) is 21.8. The van der Waals surface area contributed by atoms with Crippen LogP contribution >= 0.6 is 0 Å². The summed E-state index contributed by atoms with van der Waals surface area (Å²) in [5.74, 6) is 2.91. The van der Waals surface area contributed by atoms with Gasteiger partial charge in [-0.1, -0.05) is 64.5 Å². The van der Waals surface area contributed by atoms with Crippen molar-refractivity contribution in [3.8, 4) is 0 Å². The Hall–Kier alpha value is -1.39. The van der Waals surface area contributed by atoms with Gasteiger partial charge in [0.2, 0.25) is 0 Å². The van der Waals surface area contributed by atoms with Crippen molar-refractivity contribution in [3.63, 3.8) is 0 Å². The van der Waals surface area contributed by atoms with Gasteiger partial charge in [0.05, 0.1) is 5.56 Å². The van der Waals surface area contributed by atoms with Crippen LogP contribution in [0.2, 0.25) is 18.1 Å². The number of allylic oxidation sites excluding steroid dienone is 2. The van der Waals surface area contributed by atoms with Gasteiger partial charge >= 0.3 is 5.97 Å². The molecule has 1 unspecified atom stereocenters. The number of ether oxygens (including phenoxy) is 1. The van der Waals surface area contributed by atoms with E-state index in [9.17, 15) is 4.79 Å². The molecule has 1 aromatic carbocycles. The van der Waals surface area contributed by atoms with Gasteiger partial charge in [0.15, 0.2) is 8.32 Å². The first-order chi connectivity index (χ1) is 15.9. The minimum atomic E-state index is -1.86. The number of hydrogen-bond donors (Lipinski definition) is 0. The van der Waals surface area contributed by atoms with Crippen LogP contribution in [0.3, 0.4) is 0 Å². The Labute approximate surface area is 209 Å². The van der Waals surface area contributed by atoms with E-state index in [4.69, 9.17) is 9.16 Å². The predicted molar refractivity (Wildman–Crippen MR) is 144 cm³/mol. The lowest BCUT2D eigenvalue weighted by atomic mass is 9.53. The molecular weight excluding hydrogens is 436 g/mol. The fraction of sp³-hybridized carbons (Fsp3) is 0.700. The van der Waals surface area contributed by atoms with Gasteiger partial charge in [0.1, 0.15) is 6.10 Å². The molecule has 34 heavy (non-hydrogen) atoms. The molecular formula is C30H48O3Si. The van der Waals surface area contributed by atoms with E-state index >= 15 is 0 Å². The minimum Gasteiger partial charge on any atom is -0.458 e. The summed E-state index contributed by atoms with van der Waals surface area (Å²) in [6, 6.07) is 9.47. The standard InChI is InChI=1S/C30H48O3Si/c1-10-20(2)27-22(4)18-24-26(33-29(31)23-14-12-11-13-15-23)17-16-21(3)28(24)25(27)19-32-34(8,9)30(5,6)7/h10-15,21-22,24-28H,16-19H2,1-9H3/t21-,22-,24-,25+,26-,27?,28+/m0/s1. The molecule has 3 nitrogen and oxygen atoms in total. The van der Waals surface area contributed by atoms with Gasteiger partial charge in [-0.15, -0.1) is 0 Å². The maximum Gasteiger partial charge on any atom is 0.338 e. The molecule has 2 saturated carbocycles. The summed E-state index contributed by atoms with van der Waals surface area (Å²) in [4.78, 5) is 13.0. The molecule has 0 amide bonds. The SMILES string of the molecule is CC=C(C)C1[C@@H](CO[Si](C)(C)C(C)(C)C)[C@H]2[C@@H](C[C@@H]1C)[C@@H](OC(=O)c1ccccc1)CC[C@@H]2C. The largest absolute Gasteiger partial charge is 0.458 e. The fourth-order valence-corrected chi connectivity index (χ4v) is 7.47. The molecule has 0 radical (unpaired) electrons. The van der Waals surface area contributed by atoms with Crippen molar-refractivity contribution >= 4 is 14.3 Å². The summed E-state index contributed by atoms with van der Waals surface area (Å²) in [7, 11) is -1.86. The lowest BCUT2D eigenvalue weighted by molar-refractivity contribution is -0.0921. The Bertz CT molecular complexity index is 854. The molecule has 1 aromatic rings. The van der Waals surface area contributed by atoms with E-state index in [1.165, 1.54) is 5.57 Å². The van der Waals surface area contributed by atoms with Gasteiger partial charge in [0.25, 0.3) is 0 Å². The van der Waals surface area contributed by atoms with Crippen LogP contribution in [0.25, 0.3) is 0 Å². The highest BCUT2D eigenvalue weighted by atomic mass is 28.4. The van der Waals surface area contributed by atoms with Crippen LogP contribution in [0.1, 0.15) is 78.1 Å². The molecule has 0 N–H and O–H groups in total. The molecule has 0 bridgehead atoms. The highest BCUT2D eigenvalue weighted by Crippen LogP contribution is 2.54. The summed E-state index contributed by atoms with van der Waals surface area (Å²) in [6.07, 6.45) is 5.51. The van der Waals surface area contributed by atoms with Crippen LogP contribution in [0, 0.1) is 35.5 Å². The summed E-state index contributed by atoms with van der Waals surface area (Å²) in [5, 5.41) is 0.198. The number of carbonyl (C=O) groups excluding carboxylic acids is 1. The van der Waals surface area contributed by atoms with Gasteiger partial charge in [-0.05, 0) is 98.9 Å². The normalized spacial score (nSPS) is 32.7. The van der Waals surface area contributed by atoms with Crippen molar-refractivity contribution in [3.05, 3.63) is 47.5 Å². The molecule has 2 fully saturated rings. The highest BCUT2D eigenvalue weighted by Gasteiger charge is 2.51. The first-order valence-corrected chi connectivity index (χ1v) is 16.3. The zero-order chi connectivity index (χ0) is 25.3. The number of hydrogen-bond acceptors (Lipinski definition) is 3. The van der Waals surface area contributed by atoms with Crippen molar-refractivity contribution in [2.75, 3.05) is 6.61 Å². The maximum absolute atomic E-state index is 13.0. The van der Waals surface area contributed by atoms with E-state index in [1.54, 1.807) is 0 Å². The Balaban J connectivity index is 1.89. The second kappa shape index (κ2) is 10.7. The van der Waals surface area contributed by atoms with Gasteiger partial charge < -0.3 is 9.16 Å². The molecule has 0 aromatic heterocycles. The lowest BCUT2D eigenvalue weighted by Crippen LogP contribution is -2.53. The van der Waals surface area contributed by atoms with E-state index in [0.29, 0.717) is 41.1 Å².